The van der Waals surface area contributed by atoms with Gasteiger partial charge in [-0.3, -0.25) is 5.41 Å². The molecule has 0 saturated heterocycles. The van der Waals surface area contributed by atoms with Crippen molar-refractivity contribution in [2.24, 2.45) is 0 Å². The van der Waals surface area contributed by atoms with Gasteiger partial charge in [0, 0.05) is 0 Å². The Morgan fingerprint density at radius 3 is 1.86 bits per heavy atom. The summed E-state index contributed by atoms with van der Waals surface area (Å²) in [5.41, 5.74) is 0. The van der Waals surface area contributed by atoms with Gasteiger partial charge >= 0.3 is 6.36 Å². The average molecular weight is 112 g/mol. The largest absolute Gasteiger partial charge is 0.574 e. The molecule has 7 heavy (non-hydrogen) atoms. The second kappa shape index (κ2) is 1.81. The van der Waals surface area contributed by atoms with Gasteiger partial charge in [-0.25, -0.2) is 0 Å². The predicted molar refractivity (Wildman–Crippen MR) is 14.9 cm³/mol. The average Bonchev–Trinajstić information content (AvgIpc) is 1.30. The quantitative estimate of drug-likeness (QED) is 0.398. The first-order valence-electron chi connectivity index (χ1n) is 1.23. The van der Waals surface area contributed by atoms with Crippen molar-refractivity contribution in [2.45, 2.75) is 6.36 Å². The molecule has 0 amide bonds. The number of nitrogens with one attached hydrogen (secondary N) is 1. The lowest BCUT2D eigenvalue weighted by atomic mass is 11.3. The fourth-order valence-corrected chi connectivity index (χ4v) is 0.0579. The van der Waals surface area contributed by atoms with Crippen molar-refractivity contribution in [3.63, 3.8) is 0 Å². The molecular formula is C2HF3NO. The number of rotatable bonds is 1. The fraction of sp³-hybridized carbons (Fsp3) is 0.500. The molecule has 0 aliphatic rings. The first kappa shape index (κ1) is 6.26. The van der Waals surface area contributed by atoms with Crippen LogP contribution in [0.15, 0.2) is 0 Å². The maximum atomic E-state index is 10.7. The van der Waals surface area contributed by atoms with Crippen molar-refractivity contribution in [1.29, 1.82) is 5.41 Å². The minimum atomic E-state index is -4.75. The van der Waals surface area contributed by atoms with Gasteiger partial charge in [-0.2, -0.15) is 0 Å². The topological polar surface area (TPSA) is 33.1 Å². The molecule has 0 spiro atoms. The third-order valence-corrected chi connectivity index (χ3v) is 0.167. The maximum Gasteiger partial charge on any atom is 0.574 e. The maximum absolute atomic E-state index is 10.7. The summed E-state index contributed by atoms with van der Waals surface area (Å²) in [6.07, 6.45) is -4.02. The van der Waals surface area contributed by atoms with Crippen LogP contribution in [-0.4, -0.2) is 12.8 Å². The molecule has 0 aliphatic heterocycles. The summed E-state index contributed by atoms with van der Waals surface area (Å²) >= 11 is 0. The minimum Gasteiger partial charge on any atom is -0.383 e. The highest BCUT2D eigenvalue weighted by molar-refractivity contribution is 5.41. The lowest BCUT2D eigenvalue weighted by molar-refractivity contribution is -0.280. The van der Waals surface area contributed by atoms with Crippen molar-refractivity contribution >= 4 is 6.40 Å². The van der Waals surface area contributed by atoms with Crippen molar-refractivity contribution in [3.05, 3.63) is 0 Å². The second-order valence-electron chi connectivity index (χ2n) is 0.650. The Kier molecular flexibility index (Phi) is 1.62. The van der Waals surface area contributed by atoms with E-state index < -0.39 is 6.36 Å². The van der Waals surface area contributed by atoms with E-state index in [1.807, 2.05) is 0 Å². The first-order valence-corrected chi connectivity index (χ1v) is 1.23. The number of halogens is 3. The van der Waals surface area contributed by atoms with E-state index >= 15 is 0 Å². The molecule has 2 nitrogen and oxygen atoms in total. The van der Waals surface area contributed by atoms with E-state index in [1.54, 1.807) is 0 Å². The van der Waals surface area contributed by atoms with Crippen LogP contribution >= 0.6 is 0 Å². The highest BCUT2D eigenvalue weighted by Gasteiger charge is 2.29. The van der Waals surface area contributed by atoms with Gasteiger partial charge in [-0.15, -0.1) is 13.2 Å². The van der Waals surface area contributed by atoms with Crippen LogP contribution in [-0.2, 0) is 4.74 Å². The third-order valence-electron chi connectivity index (χ3n) is 0.167. The summed E-state index contributed by atoms with van der Waals surface area (Å²) < 4.78 is 34.6. The molecular weight excluding hydrogens is 111 g/mol. The summed E-state index contributed by atoms with van der Waals surface area (Å²) in [6, 6.07) is 0. The second-order valence-corrected chi connectivity index (χ2v) is 0.650. The Morgan fingerprint density at radius 1 is 1.43 bits per heavy atom. The molecule has 1 N–H and O–H groups in total. The van der Waals surface area contributed by atoms with E-state index in [9.17, 15) is 13.2 Å². The molecule has 0 rings (SSSR count). The molecule has 0 atom stereocenters. The van der Waals surface area contributed by atoms with Crippen LogP contribution in [0.25, 0.3) is 0 Å². The Morgan fingerprint density at radius 2 is 1.86 bits per heavy atom. The van der Waals surface area contributed by atoms with Crippen molar-refractivity contribution < 1.29 is 17.9 Å². The van der Waals surface area contributed by atoms with Crippen LogP contribution in [0.5, 0.6) is 0 Å². The fourth-order valence-electron chi connectivity index (χ4n) is 0.0579. The summed E-state index contributed by atoms with van der Waals surface area (Å²) in [5, 5.41) is 5.67. The van der Waals surface area contributed by atoms with Crippen molar-refractivity contribution in [1.82, 2.24) is 0 Å². The van der Waals surface area contributed by atoms with E-state index in [2.05, 4.69) is 4.74 Å². The van der Waals surface area contributed by atoms with Gasteiger partial charge in [0.25, 0.3) is 6.40 Å². The molecule has 1 radical (unpaired) electrons. The van der Waals surface area contributed by atoms with Gasteiger partial charge < -0.3 is 4.74 Å². The molecule has 41 valence electrons. The number of hydrogen-bond acceptors (Lipinski definition) is 2. The summed E-state index contributed by atoms with van der Waals surface area (Å²) in [6.45, 7) is 0. The zero-order chi connectivity index (χ0) is 5.91. The monoisotopic (exact) mass is 112 g/mol. The first-order chi connectivity index (χ1) is 3.06. The van der Waals surface area contributed by atoms with Crippen molar-refractivity contribution in [3.8, 4) is 0 Å². The Bertz CT molecular complexity index is 67.8. The van der Waals surface area contributed by atoms with Crippen LogP contribution in [0.2, 0.25) is 0 Å². The molecule has 0 saturated carbocycles. The molecule has 5 heteroatoms. The standard InChI is InChI=1S/C2HF3NO/c3-2(4,5)7-1-6/h6H. The molecule has 0 aromatic carbocycles. The Hall–Kier alpha value is -0.740. The van der Waals surface area contributed by atoms with Crippen LogP contribution in [0.1, 0.15) is 0 Å². The smallest absolute Gasteiger partial charge is 0.383 e. The van der Waals surface area contributed by atoms with E-state index in [1.165, 1.54) is 0 Å². The van der Waals surface area contributed by atoms with E-state index in [0.717, 1.165) is 6.40 Å². The van der Waals surface area contributed by atoms with Gasteiger partial charge in [0.05, 0.1) is 0 Å². The molecule has 0 heterocycles. The Labute approximate surface area is 37.4 Å². The van der Waals surface area contributed by atoms with Crippen LogP contribution in [0, 0.1) is 5.41 Å². The molecule has 0 aliphatic carbocycles. The van der Waals surface area contributed by atoms with Crippen LogP contribution < -0.4 is 0 Å². The summed E-state index contributed by atoms with van der Waals surface area (Å²) in [7, 11) is 0. The van der Waals surface area contributed by atoms with Gasteiger partial charge in [0.2, 0.25) is 0 Å². The van der Waals surface area contributed by atoms with Crippen LogP contribution in [0.3, 0.4) is 0 Å². The predicted octanol–water partition coefficient (Wildman–Crippen LogP) is 1.01. The lowest BCUT2D eigenvalue weighted by Crippen LogP contribution is -2.10. The summed E-state index contributed by atoms with van der Waals surface area (Å²) in [5.74, 6) is 0. The number of alkyl halides is 3. The molecule has 0 unspecified atom stereocenters. The van der Waals surface area contributed by atoms with Gasteiger partial charge in [-0.1, -0.05) is 0 Å². The lowest BCUT2D eigenvalue weighted by Gasteiger charge is -1.97. The zero-order valence-electron chi connectivity index (χ0n) is 3.04. The zero-order valence-corrected chi connectivity index (χ0v) is 3.04. The number of ether oxygens (including phenoxy) is 1. The van der Waals surface area contributed by atoms with Gasteiger partial charge in [-0.05, 0) is 0 Å². The molecule has 0 fully saturated rings. The van der Waals surface area contributed by atoms with E-state index in [-0.39, 0.29) is 0 Å². The minimum absolute atomic E-state index is 0.733. The number of hydrogen-bond donors (Lipinski definition) is 1. The normalized spacial score (nSPS) is 10.7. The SMILES string of the molecule is N=[C]OC(F)(F)F. The van der Waals surface area contributed by atoms with E-state index in [4.69, 9.17) is 5.41 Å². The summed E-state index contributed by atoms with van der Waals surface area (Å²) in [4.78, 5) is 0. The van der Waals surface area contributed by atoms with Crippen molar-refractivity contribution in [2.75, 3.05) is 0 Å². The molecule has 0 aromatic heterocycles. The van der Waals surface area contributed by atoms with Gasteiger partial charge in [0.15, 0.2) is 0 Å². The molecule has 0 bridgehead atoms. The van der Waals surface area contributed by atoms with E-state index in [0.29, 0.717) is 0 Å². The van der Waals surface area contributed by atoms with Gasteiger partial charge in [0.1, 0.15) is 0 Å². The highest BCUT2D eigenvalue weighted by atomic mass is 19.4. The third kappa shape index (κ3) is 5.26. The highest BCUT2D eigenvalue weighted by Crippen LogP contribution is 2.13. The Balaban J connectivity index is 3.34. The molecule has 0 aromatic rings. The van der Waals surface area contributed by atoms with Crippen LogP contribution in [0.4, 0.5) is 13.2 Å².